The van der Waals surface area contributed by atoms with E-state index in [1.165, 1.54) is 50.5 Å². The number of nitrogens with one attached hydrogen (secondary N) is 3. The van der Waals surface area contributed by atoms with Crippen LogP contribution in [0.15, 0.2) is 108 Å². The third kappa shape index (κ3) is 8.90. The van der Waals surface area contributed by atoms with Gasteiger partial charge < -0.3 is 30.2 Å². The standard InChI is InChI=1S/C38H36N4O6S2/c1-23-33(26-13-8-6-9-14-26)41-38(50-23)42-35(43)24(2)49-29-18-12-17-28(22-29)39-37(45)30(40-36(44)27-15-10-7-11-16-27)19-25-20-31(46-3)34(48-5)32(21-25)47-4/h6-22,24H,1-5H3,(H,39,45)(H,40,44)(H,41,42,43)/b30-19+. The van der Waals surface area contributed by atoms with Gasteiger partial charge in [0.2, 0.25) is 11.7 Å². The summed E-state index contributed by atoms with van der Waals surface area (Å²) in [6.07, 6.45) is 1.52. The van der Waals surface area contributed by atoms with E-state index in [0.29, 0.717) is 39.2 Å². The van der Waals surface area contributed by atoms with Crippen LogP contribution in [0.5, 0.6) is 17.2 Å². The lowest BCUT2D eigenvalue weighted by molar-refractivity contribution is -0.115. The highest BCUT2D eigenvalue weighted by Gasteiger charge is 2.20. The van der Waals surface area contributed by atoms with Gasteiger partial charge in [-0.05, 0) is 68.0 Å². The molecule has 0 aliphatic carbocycles. The third-order valence-electron chi connectivity index (χ3n) is 7.37. The van der Waals surface area contributed by atoms with Crippen LogP contribution in [-0.4, -0.2) is 49.3 Å². The van der Waals surface area contributed by atoms with Crippen LogP contribution in [0.2, 0.25) is 0 Å². The molecule has 4 aromatic carbocycles. The average Bonchev–Trinajstić information content (AvgIpc) is 3.50. The Morgan fingerprint density at radius 1 is 0.820 bits per heavy atom. The van der Waals surface area contributed by atoms with Crippen molar-refractivity contribution in [1.29, 1.82) is 0 Å². The summed E-state index contributed by atoms with van der Waals surface area (Å²) in [7, 11) is 4.48. The molecule has 5 rings (SSSR count). The zero-order valence-electron chi connectivity index (χ0n) is 28.1. The maximum absolute atomic E-state index is 13.7. The Hall–Kier alpha value is -5.59. The number of aromatic nitrogens is 1. The Labute approximate surface area is 298 Å². The number of ether oxygens (including phenoxy) is 3. The van der Waals surface area contributed by atoms with Crippen LogP contribution in [-0.2, 0) is 9.59 Å². The number of methoxy groups -OCH3 is 3. The highest BCUT2D eigenvalue weighted by atomic mass is 32.2. The topological polar surface area (TPSA) is 128 Å². The largest absolute Gasteiger partial charge is 0.493 e. The highest BCUT2D eigenvalue weighted by molar-refractivity contribution is 8.00. The van der Waals surface area contributed by atoms with Crippen LogP contribution in [0.1, 0.15) is 27.7 Å². The SMILES string of the molecule is COc1cc(/C=C(/NC(=O)c2ccccc2)C(=O)Nc2cccc(SC(C)C(=O)Nc3nc(-c4ccccc4)c(C)s3)c2)cc(OC)c1OC. The number of aryl methyl sites for hydroxylation is 1. The van der Waals surface area contributed by atoms with E-state index in [0.717, 1.165) is 21.0 Å². The summed E-state index contributed by atoms with van der Waals surface area (Å²) >= 11 is 2.77. The number of carbonyl (C=O) groups excluding carboxylic acids is 3. The summed E-state index contributed by atoms with van der Waals surface area (Å²) in [5.41, 5.74) is 3.18. The molecule has 3 N–H and O–H groups in total. The molecule has 0 aliphatic rings. The van der Waals surface area contributed by atoms with Gasteiger partial charge in [0.05, 0.1) is 32.3 Å². The lowest BCUT2D eigenvalue weighted by Crippen LogP contribution is -2.30. The fourth-order valence-corrected chi connectivity index (χ4v) is 6.68. The maximum Gasteiger partial charge on any atom is 0.272 e. The predicted octanol–water partition coefficient (Wildman–Crippen LogP) is 7.67. The summed E-state index contributed by atoms with van der Waals surface area (Å²) in [6.45, 7) is 3.78. The molecule has 0 saturated heterocycles. The fraction of sp³-hybridized carbons (Fsp3) is 0.158. The molecule has 256 valence electrons. The lowest BCUT2D eigenvalue weighted by Gasteiger charge is -2.15. The second-order valence-electron chi connectivity index (χ2n) is 10.9. The molecule has 3 amide bonds. The minimum atomic E-state index is -0.565. The number of hydrogen-bond donors (Lipinski definition) is 3. The minimum Gasteiger partial charge on any atom is -0.493 e. The Morgan fingerprint density at radius 2 is 1.48 bits per heavy atom. The molecule has 5 aromatic rings. The Bertz CT molecular complexity index is 1990. The normalized spacial score (nSPS) is 11.7. The second kappa shape index (κ2) is 16.7. The number of rotatable bonds is 13. The van der Waals surface area contributed by atoms with Crippen LogP contribution in [0.4, 0.5) is 10.8 Å². The first-order chi connectivity index (χ1) is 24.2. The number of hydrogen-bond acceptors (Lipinski definition) is 9. The van der Waals surface area contributed by atoms with Crippen molar-refractivity contribution >= 4 is 57.7 Å². The third-order valence-corrected chi connectivity index (χ3v) is 9.35. The van der Waals surface area contributed by atoms with Gasteiger partial charge in [-0.2, -0.15) is 0 Å². The molecule has 1 aromatic heterocycles. The number of nitrogens with zero attached hydrogens (tertiary/aromatic N) is 1. The number of amides is 3. The molecule has 1 unspecified atom stereocenters. The van der Waals surface area contributed by atoms with Crippen LogP contribution in [0, 0.1) is 6.92 Å². The molecule has 0 radical (unpaired) electrons. The first kappa shape index (κ1) is 35.7. The van der Waals surface area contributed by atoms with Gasteiger partial charge in [0.25, 0.3) is 11.8 Å². The van der Waals surface area contributed by atoms with E-state index in [-0.39, 0.29) is 11.6 Å². The van der Waals surface area contributed by atoms with E-state index in [1.807, 2.05) is 43.3 Å². The van der Waals surface area contributed by atoms with Gasteiger partial charge in [0.1, 0.15) is 5.70 Å². The zero-order chi connectivity index (χ0) is 35.6. The molecule has 50 heavy (non-hydrogen) atoms. The van der Waals surface area contributed by atoms with Gasteiger partial charge >= 0.3 is 0 Å². The minimum absolute atomic E-state index is 0.0208. The lowest BCUT2D eigenvalue weighted by atomic mass is 10.1. The van der Waals surface area contributed by atoms with Crippen molar-refractivity contribution in [3.63, 3.8) is 0 Å². The Balaban J connectivity index is 1.33. The van der Waals surface area contributed by atoms with Gasteiger partial charge in [-0.25, -0.2) is 4.98 Å². The molecular weight excluding hydrogens is 673 g/mol. The molecule has 0 fully saturated rings. The number of carbonyl (C=O) groups is 3. The van der Waals surface area contributed by atoms with E-state index in [1.54, 1.807) is 67.6 Å². The van der Waals surface area contributed by atoms with Gasteiger partial charge in [-0.1, -0.05) is 54.6 Å². The molecular formula is C38H36N4O6S2. The average molecular weight is 709 g/mol. The Kier molecular flexibility index (Phi) is 11.9. The second-order valence-corrected chi connectivity index (χ2v) is 13.5. The molecule has 0 saturated carbocycles. The fourth-order valence-electron chi connectivity index (χ4n) is 4.92. The molecule has 12 heteroatoms. The van der Waals surface area contributed by atoms with Crippen molar-refractivity contribution in [3.8, 4) is 28.5 Å². The summed E-state index contributed by atoms with van der Waals surface area (Å²) < 4.78 is 16.4. The van der Waals surface area contributed by atoms with E-state index in [2.05, 4.69) is 20.9 Å². The van der Waals surface area contributed by atoms with Crippen LogP contribution in [0.25, 0.3) is 17.3 Å². The van der Waals surface area contributed by atoms with Crippen molar-refractivity contribution in [2.24, 2.45) is 0 Å². The molecule has 10 nitrogen and oxygen atoms in total. The molecule has 0 bridgehead atoms. The van der Waals surface area contributed by atoms with Gasteiger partial charge in [0, 0.05) is 26.6 Å². The molecule has 0 spiro atoms. The smallest absolute Gasteiger partial charge is 0.272 e. The molecule has 0 aliphatic heterocycles. The van der Waals surface area contributed by atoms with E-state index in [4.69, 9.17) is 14.2 Å². The van der Waals surface area contributed by atoms with Gasteiger partial charge in [-0.15, -0.1) is 23.1 Å². The zero-order valence-corrected chi connectivity index (χ0v) is 29.7. The number of benzene rings is 4. The quantitative estimate of drug-likeness (QED) is 0.0840. The number of anilines is 2. The summed E-state index contributed by atoms with van der Waals surface area (Å²) in [5.74, 6) is -0.0628. The van der Waals surface area contributed by atoms with Crippen molar-refractivity contribution in [3.05, 3.63) is 119 Å². The van der Waals surface area contributed by atoms with Crippen LogP contribution >= 0.6 is 23.1 Å². The van der Waals surface area contributed by atoms with Crippen molar-refractivity contribution in [2.45, 2.75) is 24.0 Å². The van der Waals surface area contributed by atoms with Crippen molar-refractivity contribution in [1.82, 2.24) is 10.3 Å². The number of thiazole rings is 1. The predicted molar refractivity (Wildman–Crippen MR) is 199 cm³/mol. The maximum atomic E-state index is 13.7. The number of thioether (sulfide) groups is 1. The monoisotopic (exact) mass is 708 g/mol. The summed E-state index contributed by atoms with van der Waals surface area (Å²) in [4.78, 5) is 46.5. The first-order valence-corrected chi connectivity index (χ1v) is 17.2. The van der Waals surface area contributed by atoms with E-state index in [9.17, 15) is 14.4 Å². The van der Waals surface area contributed by atoms with Crippen LogP contribution < -0.4 is 30.2 Å². The summed E-state index contributed by atoms with van der Waals surface area (Å²) in [5, 5.41) is 8.62. The van der Waals surface area contributed by atoms with Crippen molar-refractivity contribution in [2.75, 3.05) is 32.0 Å². The van der Waals surface area contributed by atoms with Gasteiger partial charge in [0.15, 0.2) is 16.6 Å². The van der Waals surface area contributed by atoms with Crippen LogP contribution in [0.3, 0.4) is 0 Å². The van der Waals surface area contributed by atoms with Gasteiger partial charge in [-0.3, -0.25) is 14.4 Å². The van der Waals surface area contributed by atoms with Crippen molar-refractivity contribution < 1.29 is 28.6 Å². The molecule has 1 heterocycles. The van der Waals surface area contributed by atoms with E-state index < -0.39 is 17.1 Å². The Morgan fingerprint density at radius 3 is 2.12 bits per heavy atom. The van der Waals surface area contributed by atoms with E-state index >= 15 is 0 Å². The highest BCUT2D eigenvalue weighted by Crippen LogP contribution is 2.39. The molecule has 1 atom stereocenters. The first-order valence-electron chi connectivity index (χ1n) is 15.5. The summed E-state index contributed by atoms with van der Waals surface area (Å²) in [6, 6.07) is 28.9.